The fourth-order valence-corrected chi connectivity index (χ4v) is 1.03. The number of rotatable bonds is 9. The van der Waals surface area contributed by atoms with Crippen LogP contribution in [0.3, 0.4) is 0 Å². The van der Waals surface area contributed by atoms with Gasteiger partial charge < -0.3 is 19.7 Å². The summed E-state index contributed by atoms with van der Waals surface area (Å²) in [5.74, 6) is 0. The van der Waals surface area contributed by atoms with Crippen molar-refractivity contribution < 1.29 is 19.7 Å². The minimum absolute atomic E-state index is 0.118. The Kier molecular flexibility index (Phi) is 8.08. The summed E-state index contributed by atoms with van der Waals surface area (Å²) in [5, 5.41) is 18.4. The molecule has 2 N–H and O–H groups in total. The van der Waals surface area contributed by atoms with Crippen molar-refractivity contribution in [1.82, 2.24) is 0 Å². The molecule has 0 rings (SSSR count). The second-order valence-corrected chi connectivity index (χ2v) is 3.51. The zero-order chi connectivity index (χ0) is 10.9. The number of ether oxygens (including phenoxy) is 2. The quantitative estimate of drug-likeness (QED) is 0.537. The molecule has 14 heavy (non-hydrogen) atoms. The summed E-state index contributed by atoms with van der Waals surface area (Å²) in [4.78, 5) is 0. The molecular formula is C10H22O4. The zero-order valence-electron chi connectivity index (χ0n) is 9.16. The number of hydrogen-bond donors (Lipinski definition) is 2. The molecule has 0 aromatic rings. The average molecular weight is 206 g/mol. The summed E-state index contributed by atoms with van der Waals surface area (Å²) in [6, 6.07) is 0. The van der Waals surface area contributed by atoms with Crippen molar-refractivity contribution in [3.8, 4) is 0 Å². The van der Waals surface area contributed by atoms with Crippen LogP contribution in [0.1, 0.15) is 20.3 Å². The molecule has 0 unspecified atom stereocenters. The molecule has 0 atom stereocenters. The lowest BCUT2D eigenvalue weighted by Gasteiger charge is -2.28. The van der Waals surface area contributed by atoms with Crippen LogP contribution in [-0.2, 0) is 9.47 Å². The number of aliphatic hydroxyl groups is 2. The monoisotopic (exact) mass is 206 g/mol. The van der Waals surface area contributed by atoms with Crippen LogP contribution < -0.4 is 0 Å². The number of aliphatic hydroxyl groups excluding tert-OH is 2. The van der Waals surface area contributed by atoms with E-state index in [1.54, 1.807) is 0 Å². The topological polar surface area (TPSA) is 58.9 Å². The van der Waals surface area contributed by atoms with Crippen LogP contribution in [0.4, 0.5) is 0 Å². The van der Waals surface area contributed by atoms with E-state index in [9.17, 15) is 10.2 Å². The highest BCUT2D eigenvalue weighted by Gasteiger charge is 2.29. The van der Waals surface area contributed by atoms with Crippen LogP contribution in [0.5, 0.6) is 0 Å². The summed E-state index contributed by atoms with van der Waals surface area (Å²) in [6.07, 6.45) is 0.932. The van der Waals surface area contributed by atoms with Gasteiger partial charge in [-0.2, -0.15) is 0 Å². The number of hydrogen-bond acceptors (Lipinski definition) is 4. The van der Waals surface area contributed by atoms with E-state index in [0.29, 0.717) is 26.4 Å². The summed E-state index contributed by atoms with van der Waals surface area (Å²) >= 11 is 0. The lowest BCUT2D eigenvalue weighted by Crippen LogP contribution is -2.39. The summed E-state index contributed by atoms with van der Waals surface area (Å²) in [6.45, 7) is 5.56. The van der Waals surface area contributed by atoms with Gasteiger partial charge in [0.2, 0.25) is 0 Å². The minimum Gasteiger partial charge on any atom is -0.396 e. The smallest absolute Gasteiger partial charge is 0.0632 e. The maximum Gasteiger partial charge on any atom is 0.0632 e. The molecule has 0 aliphatic rings. The molecule has 4 heteroatoms. The average Bonchev–Trinajstić information content (AvgIpc) is 2.24. The highest BCUT2D eigenvalue weighted by Crippen LogP contribution is 2.16. The first-order valence-electron chi connectivity index (χ1n) is 5.12. The van der Waals surface area contributed by atoms with E-state index in [1.165, 1.54) is 0 Å². The minimum atomic E-state index is -0.648. The second kappa shape index (κ2) is 8.17. The van der Waals surface area contributed by atoms with Crippen molar-refractivity contribution in [3.05, 3.63) is 0 Å². The summed E-state index contributed by atoms with van der Waals surface area (Å²) in [7, 11) is 0. The molecule has 0 radical (unpaired) electrons. The standard InChI is InChI=1S/C10H22O4/c1-3-5-14-9-10(6-11,7-12)8-13-4-2/h11-12H,3-9H2,1-2H3. The molecule has 0 aliphatic heterocycles. The lowest BCUT2D eigenvalue weighted by atomic mass is 9.92. The molecule has 0 saturated carbocycles. The molecule has 4 nitrogen and oxygen atoms in total. The van der Waals surface area contributed by atoms with Crippen molar-refractivity contribution in [1.29, 1.82) is 0 Å². The molecule has 0 heterocycles. The van der Waals surface area contributed by atoms with Gasteiger partial charge in [-0.15, -0.1) is 0 Å². The van der Waals surface area contributed by atoms with Crippen LogP contribution in [0.15, 0.2) is 0 Å². The van der Waals surface area contributed by atoms with Crippen molar-refractivity contribution >= 4 is 0 Å². The van der Waals surface area contributed by atoms with Crippen LogP contribution >= 0.6 is 0 Å². The third-order valence-electron chi connectivity index (χ3n) is 2.04. The van der Waals surface area contributed by atoms with Gasteiger partial charge >= 0.3 is 0 Å². The van der Waals surface area contributed by atoms with Gasteiger partial charge in [-0.1, -0.05) is 6.92 Å². The first-order valence-corrected chi connectivity index (χ1v) is 5.12. The molecular weight excluding hydrogens is 184 g/mol. The fourth-order valence-electron chi connectivity index (χ4n) is 1.03. The summed E-state index contributed by atoms with van der Waals surface area (Å²) in [5.41, 5.74) is -0.648. The van der Waals surface area contributed by atoms with E-state index >= 15 is 0 Å². The molecule has 0 bridgehead atoms. The van der Waals surface area contributed by atoms with E-state index in [0.717, 1.165) is 6.42 Å². The molecule has 0 amide bonds. The van der Waals surface area contributed by atoms with Crippen LogP contribution in [0.25, 0.3) is 0 Å². The SMILES string of the molecule is CCCOCC(CO)(CO)COCC. The second-order valence-electron chi connectivity index (χ2n) is 3.51. The Morgan fingerprint density at radius 3 is 2.00 bits per heavy atom. The van der Waals surface area contributed by atoms with Crippen molar-refractivity contribution in [3.63, 3.8) is 0 Å². The highest BCUT2D eigenvalue weighted by atomic mass is 16.5. The Morgan fingerprint density at radius 1 is 1.00 bits per heavy atom. The Labute approximate surface area is 85.8 Å². The van der Waals surface area contributed by atoms with E-state index < -0.39 is 5.41 Å². The van der Waals surface area contributed by atoms with Gasteiger partial charge in [-0.3, -0.25) is 0 Å². The van der Waals surface area contributed by atoms with E-state index in [4.69, 9.17) is 9.47 Å². The van der Waals surface area contributed by atoms with Crippen LogP contribution in [-0.4, -0.2) is 49.9 Å². The predicted molar refractivity (Wildman–Crippen MR) is 54.2 cm³/mol. The van der Waals surface area contributed by atoms with Gasteiger partial charge in [0.15, 0.2) is 0 Å². The molecule has 0 fully saturated rings. The fraction of sp³-hybridized carbons (Fsp3) is 1.00. The van der Waals surface area contributed by atoms with Gasteiger partial charge in [-0.05, 0) is 13.3 Å². The Hall–Kier alpha value is -0.160. The zero-order valence-corrected chi connectivity index (χ0v) is 9.16. The van der Waals surface area contributed by atoms with Crippen LogP contribution in [0.2, 0.25) is 0 Å². The Balaban J connectivity index is 3.94. The molecule has 0 aliphatic carbocycles. The first-order chi connectivity index (χ1) is 6.74. The van der Waals surface area contributed by atoms with Gasteiger partial charge in [0.05, 0.1) is 31.8 Å². The predicted octanol–water partition coefficient (Wildman–Crippen LogP) is 0.420. The van der Waals surface area contributed by atoms with Gasteiger partial charge in [0.25, 0.3) is 0 Å². The van der Waals surface area contributed by atoms with Gasteiger partial charge in [-0.25, -0.2) is 0 Å². The first kappa shape index (κ1) is 13.8. The summed E-state index contributed by atoms with van der Waals surface area (Å²) < 4.78 is 10.5. The van der Waals surface area contributed by atoms with E-state index in [-0.39, 0.29) is 13.2 Å². The van der Waals surface area contributed by atoms with Crippen molar-refractivity contribution in [2.75, 3.05) is 39.6 Å². The third-order valence-corrected chi connectivity index (χ3v) is 2.04. The largest absolute Gasteiger partial charge is 0.396 e. The Bertz CT molecular complexity index is 123. The molecule has 0 saturated heterocycles. The maximum atomic E-state index is 9.18. The lowest BCUT2D eigenvalue weighted by molar-refractivity contribution is -0.0748. The van der Waals surface area contributed by atoms with Crippen LogP contribution in [0, 0.1) is 5.41 Å². The van der Waals surface area contributed by atoms with Gasteiger partial charge in [0.1, 0.15) is 0 Å². The van der Waals surface area contributed by atoms with E-state index in [1.807, 2.05) is 13.8 Å². The maximum absolute atomic E-state index is 9.18. The van der Waals surface area contributed by atoms with Crippen molar-refractivity contribution in [2.45, 2.75) is 20.3 Å². The molecule has 0 spiro atoms. The normalized spacial score (nSPS) is 12.0. The molecule has 86 valence electrons. The van der Waals surface area contributed by atoms with E-state index in [2.05, 4.69) is 0 Å². The van der Waals surface area contributed by atoms with Crippen molar-refractivity contribution in [2.24, 2.45) is 5.41 Å². The highest BCUT2D eigenvalue weighted by molar-refractivity contribution is 4.77. The molecule has 0 aromatic carbocycles. The third kappa shape index (κ3) is 4.91. The molecule has 0 aromatic heterocycles. The Morgan fingerprint density at radius 2 is 1.57 bits per heavy atom. The van der Waals surface area contributed by atoms with Gasteiger partial charge in [0, 0.05) is 13.2 Å².